The van der Waals surface area contributed by atoms with E-state index in [1.54, 1.807) is 0 Å². The fraction of sp³-hybridized carbons (Fsp3) is 0.727. The molecule has 0 aromatic carbocycles. The molecule has 2 rings (SSSR count). The predicted molar refractivity (Wildman–Crippen MR) is 53.5 cm³/mol. The number of aliphatic hydroxyl groups is 1. The third-order valence-electron chi connectivity index (χ3n) is 3.28. The van der Waals surface area contributed by atoms with Crippen molar-refractivity contribution in [3.05, 3.63) is 12.2 Å². The maximum Gasteiger partial charge on any atom is 0.224 e. The van der Waals surface area contributed by atoms with E-state index in [-0.39, 0.29) is 24.5 Å². The number of hydrogen-bond acceptors (Lipinski definition) is 2. The van der Waals surface area contributed by atoms with E-state index >= 15 is 0 Å². The first-order valence-corrected chi connectivity index (χ1v) is 5.30. The Labute approximate surface area is 84.2 Å². The second-order valence-corrected chi connectivity index (χ2v) is 4.48. The molecule has 0 saturated heterocycles. The van der Waals surface area contributed by atoms with E-state index in [2.05, 4.69) is 17.5 Å². The monoisotopic (exact) mass is 195 g/mol. The minimum absolute atomic E-state index is 0.0163. The smallest absolute Gasteiger partial charge is 0.224 e. The lowest BCUT2D eigenvalue weighted by Gasteiger charge is -2.19. The molecule has 2 aliphatic rings. The molecule has 0 radical (unpaired) electrons. The van der Waals surface area contributed by atoms with Gasteiger partial charge in [0.2, 0.25) is 5.91 Å². The van der Waals surface area contributed by atoms with Crippen LogP contribution in [0, 0.1) is 17.8 Å². The van der Waals surface area contributed by atoms with E-state index in [9.17, 15) is 4.79 Å². The molecule has 3 heteroatoms. The zero-order valence-electron chi connectivity index (χ0n) is 8.44. The molecule has 2 N–H and O–H groups in total. The second kappa shape index (κ2) is 3.73. The number of amides is 1. The van der Waals surface area contributed by atoms with Gasteiger partial charge in [0.25, 0.3) is 0 Å². The van der Waals surface area contributed by atoms with Crippen LogP contribution in [-0.4, -0.2) is 23.7 Å². The first-order chi connectivity index (χ1) is 6.70. The van der Waals surface area contributed by atoms with Crippen molar-refractivity contribution in [1.29, 1.82) is 0 Å². The molecule has 78 valence electrons. The first kappa shape index (κ1) is 9.71. The van der Waals surface area contributed by atoms with Gasteiger partial charge >= 0.3 is 0 Å². The average Bonchev–Trinajstić information content (AvgIpc) is 2.78. The summed E-state index contributed by atoms with van der Waals surface area (Å²) in [6, 6.07) is -0.120. The number of hydrogen-bond donors (Lipinski definition) is 2. The van der Waals surface area contributed by atoms with Crippen LogP contribution in [0.1, 0.15) is 19.8 Å². The minimum Gasteiger partial charge on any atom is -0.394 e. The predicted octanol–water partition coefficient (Wildman–Crippen LogP) is 0.696. The molecule has 1 fully saturated rings. The number of carbonyl (C=O) groups excluding carboxylic acids is 1. The lowest BCUT2D eigenvalue weighted by Crippen LogP contribution is -2.40. The number of nitrogens with one attached hydrogen (secondary N) is 1. The van der Waals surface area contributed by atoms with Crippen LogP contribution in [0.4, 0.5) is 0 Å². The number of allylic oxidation sites excluding steroid dienone is 2. The number of aliphatic hydroxyl groups excluding tert-OH is 1. The third-order valence-corrected chi connectivity index (χ3v) is 3.28. The lowest BCUT2D eigenvalue weighted by atomic mass is 9.92. The van der Waals surface area contributed by atoms with Gasteiger partial charge in [-0.3, -0.25) is 4.79 Å². The van der Waals surface area contributed by atoms with Crippen LogP contribution < -0.4 is 5.32 Å². The van der Waals surface area contributed by atoms with Gasteiger partial charge in [-0.25, -0.2) is 0 Å². The Balaban J connectivity index is 1.90. The summed E-state index contributed by atoms with van der Waals surface area (Å²) in [6.07, 6.45) is 6.53. The first-order valence-electron chi connectivity index (χ1n) is 5.30. The van der Waals surface area contributed by atoms with Gasteiger partial charge < -0.3 is 10.4 Å². The summed E-state index contributed by atoms with van der Waals surface area (Å²) in [4.78, 5) is 11.7. The zero-order chi connectivity index (χ0) is 10.1. The Morgan fingerprint density at radius 3 is 2.86 bits per heavy atom. The van der Waals surface area contributed by atoms with Crippen LogP contribution in [0.15, 0.2) is 12.2 Å². The fourth-order valence-electron chi connectivity index (χ4n) is 2.48. The van der Waals surface area contributed by atoms with Crippen LogP contribution in [0.3, 0.4) is 0 Å². The molecule has 4 atom stereocenters. The lowest BCUT2D eigenvalue weighted by molar-refractivity contribution is -0.126. The van der Waals surface area contributed by atoms with Crippen molar-refractivity contribution in [1.82, 2.24) is 5.32 Å². The van der Waals surface area contributed by atoms with Crippen molar-refractivity contribution < 1.29 is 9.90 Å². The molecule has 2 bridgehead atoms. The van der Waals surface area contributed by atoms with Crippen molar-refractivity contribution >= 4 is 5.91 Å². The number of fused-ring (bicyclic) bond motifs is 2. The summed E-state index contributed by atoms with van der Waals surface area (Å²) >= 11 is 0. The highest BCUT2D eigenvalue weighted by molar-refractivity contribution is 5.80. The van der Waals surface area contributed by atoms with Crippen LogP contribution in [0.2, 0.25) is 0 Å². The van der Waals surface area contributed by atoms with Crippen molar-refractivity contribution in [2.45, 2.75) is 25.8 Å². The highest BCUT2D eigenvalue weighted by Crippen LogP contribution is 2.43. The van der Waals surface area contributed by atoms with Crippen molar-refractivity contribution in [3.8, 4) is 0 Å². The largest absolute Gasteiger partial charge is 0.394 e. The highest BCUT2D eigenvalue weighted by atomic mass is 16.3. The van der Waals surface area contributed by atoms with Gasteiger partial charge in [-0.2, -0.15) is 0 Å². The summed E-state index contributed by atoms with van der Waals surface area (Å²) in [6.45, 7) is 1.84. The Morgan fingerprint density at radius 1 is 1.57 bits per heavy atom. The van der Waals surface area contributed by atoms with E-state index in [1.165, 1.54) is 0 Å². The molecular weight excluding hydrogens is 178 g/mol. The molecule has 3 unspecified atom stereocenters. The minimum atomic E-state index is -0.120. The molecule has 1 saturated carbocycles. The molecule has 1 amide bonds. The van der Waals surface area contributed by atoms with E-state index < -0.39 is 0 Å². The summed E-state index contributed by atoms with van der Waals surface area (Å²) in [7, 11) is 0. The topological polar surface area (TPSA) is 49.3 Å². The van der Waals surface area contributed by atoms with Crippen molar-refractivity contribution in [2.24, 2.45) is 17.8 Å². The van der Waals surface area contributed by atoms with Crippen molar-refractivity contribution in [3.63, 3.8) is 0 Å². The van der Waals surface area contributed by atoms with E-state index in [0.717, 1.165) is 12.8 Å². The quantitative estimate of drug-likeness (QED) is 0.651. The molecule has 2 aliphatic carbocycles. The second-order valence-electron chi connectivity index (χ2n) is 4.48. The van der Waals surface area contributed by atoms with Crippen molar-refractivity contribution in [2.75, 3.05) is 6.61 Å². The molecule has 3 nitrogen and oxygen atoms in total. The molecule has 0 aromatic rings. The van der Waals surface area contributed by atoms with Gasteiger partial charge in [0.05, 0.1) is 6.61 Å². The third kappa shape index (κ3) is 1.69. The standard InChI is InChI=1S/C11H17NO2/c1-7(6-13)12-11(14)10-5-8-2-3-9(10)4-8/h2-3,7-10,13H,4-6H2,1H3,(H,12,14)/t7-,8?,9?,10?/m0/s1. The number of carbonyl (C=O) groups is 1. The molecule has 0 aromatic heterocycles. The van der Waals surface area contributed by atoms with Crippen LogP contribution in [0.5, 0.6) is 0 Å². The SMILES string of the molecule is C[C@@H](CO)NC(=O)C1CC2C=CC1C2. The molecule has 14 heavy (non-hydrogen) atoms. The van der Waals surface area contributed by atoms with Gasteiger partial charge in [-0.15, -0.1) is 0 Å². The molecule has 0 spiro atoms. The van der Waals surface area contributed by atoms with E-state index in [4.69, 9.17) is 5.11 Å². The zero-order valence-corrected chi connectivity index (χ0v) is 8.44. The maximum atomic E-state index is 11.7. The van der Waals surface area contributed by atoms with Gasteiger partial charge in [0, 0.05) is 12.0 Å². The average molecular weight is 195 g/mol. The normalized spacial score (nSPS) is 36.0. The van der Waals surface area contributed by atoms with Crippen LogP contribution >= 0.6 is 0 Å². The maximum absolute atomic E-state index is 11.7. The summed E-state index contributed by atoms with van der Waals surface area (Å²) in [5.74, 6) is 1.34. The van der Waals surface area contributed by atoms with E-state index in [0.29, 0.717) is 11.8 Å². The summed E-state index contributed by atoms with van der Waals surface area (Å²) < 4.78 is 0. The number of rotatable bonds is 3. The van der Waals surface area contributed by atoms with Crippen LogP contribution in [0.25, 0.3) is 0 Å². The Morgan fingerprint density at radius 2 is 2.36 bits per heavy atom. The Kier molecular flexibility index (Phi) is 2.59. The van der Waals surface area contributed by atoms with Gasteiger partial charge in [-0.1, -0.05) is 12.2 Å². The molecule has 0 aliphatic heterocycles. The Hall–Kier alpha value is -0.830. The molecular formula is C11H17NO2. The van der Waals surface area contributed by atoms with Gasteiger partial charge in [0.1, 0.15) is 0 Å². The highest BCUT2D eigenvalue weighted by Gasteiger charge is 2.39. The fourth-order valence-corrected chi connectivity index (χ4v) is 2.48. The van der Waals surface area contributed by atoms with Crippen LogP contribution in [-0.2, 0) is 4.79 Å². The summed E-state index contributed by atoms with van der Waals surface area (Å²) in [5, 5.41) is 11.7. The van der Waals surface area contributed by atoms with Gasteiger partial charge in [0.15, 0.2) is 0 Å². The van der Waals surface area contributed by atoms with Gasteiger partial charge in [-0.05, 0) is 31.6 Å². The summed E-state index contributed by atoms with van der Waals surface area (Å²) in [5.41, 5.74) is 0. The molecule has 0 heterocycles. The van der Waals surface area contributed by atoms with E-state index in [1.807, 2.05) is 6.92 Å². The Bertz CT molecular complexity index is 262.